The summed E-state index contributed by atoms with van der Waals surface area (Å²) in [5.74, 6) is -0.267. The lowest BCUT2D eigenvalue weighted by Gasteiger charge is -2.17. The molecule has 0 rings (SSSR count). The third kappa shape index (κ3) is 12.3. The molecule has 0 amide bonds. The molecule has 0 spiro atoms. The fourth-order valence-corrected chi connectivity index (χ4v) is 2.43. The van der Waals surface area contributed by atoms with Crippen molar-refractivity contribution in [1.82, 2.24) is 0 Å². The number of esters is 1. The molecule has 1 unspecified atom stereocenters. The van der Waals surface area contributed by atoms with Crippen LogP contribution in [0.5, 0.6) is 0 Å². The summed E-state index contributed by atoms with van der Waals surface area (Å²) >= 11 is 0. The second kappa shape index (κ2) is 14.6. The highest BCUT2D eigenvalue weighted by Gasteiger charge is 2.12. The first-order valence-electron chi connectivity index (χ1n) is 8.57. The molecule has 0 aromatic rings. The topological polar surface area (TPSA) is 26.3 Å². The molecule has 2 nitrogen and oxygen atoms in total. The van der Waals surface area contributed by atoms with Crippen LogP contribution >= 0.6 is 0 Å². The van der Waals surface area contributed by atoms with Gasteiger partial charge in [0.2, 0.25) is 0 Å². The summed E-state index contributed by atoms with van der Waals surface area (Å²) in [4.78, 5) is 11.3. The van der Waals surface area contributed by atoms with Gasteiger partial charge in [-0.05, 0) is 25.7 Å². The molecule has 0 aromatic heterocycles. The van der Waals surface area contributed by atoms with Crippen molar-refractivity contribution in [2.75, 3.05) is 0 Å². The summed E-state index contributed by atoms with van der Waals surface area (Å²) in [5, 5.41) is 0. The monoisotopic (exact) mass is 282 g/mol. The van der Waals surface area contributed by atoms with E-state index in [0.717, 1.165) is 12.8 Å². The van der Waals surface area contributed by atoms with Crippen molar-refractivity contribution in [3.8, 4) is 0 Å². The van der Waals surface area contributed by atoms with Gasteiger partial charge in [-0.15, -0.1) is 0 Å². The van der Waals surface area contributed by atoms with Crippen LogP contribution in [-0.2, 0) is 9.53 Å². The lowest BCUT2D eigenvalue weighted by atomic mass is 10.0. The van der Waals surface area contributed by atoms with Crippen molar-refractivity contribution in [3.05, 3.63) is 12.7 Å². The zero-order valence-electron chi connectivity index (χ0n) is 13.7. The normalized spacial score (nSPS) is 12.1. The van der Waals surface area contributed by atoms with Crippen LogP contribution in [0.4, 0.5) is 0 Å². The Morgan fingerprint density at radius 2 is 1.35 bits per heavy atom. The first-order valence-corrected chi connectivity index (χ1v) is 8.57. The highest BCUT2D eigenvalue weighted by Crippen LogP contribution is 2.16. The fourth-order valence-electron chi connectivity index (χ4n) is 2.43. The van der Waals surface area contributed by atoms with Crippen LogP contribution < -0.4 is 0 Å². The Labute approximate surface area is 126 Å². The molecule has 0 aliphatic heterocycles. The van der Waals surface area contributed by atoms with Gasteiger partial charge in [-0.3, -0.25) is 0 Å². The predicted octanol–water partition coefficient (Wildman–Crippen LogP) is 5.81. The van der Waals surface area contributed by atoms with Crippen LogP contribution in [0.3, 0.4) is 0 Å². The van der Waals surface area contributed by atoms with Gasteiger partial charge in [-0.1, -0.05) is 71.8 Å². The third-order valence-corrected chi connectivity index (χ3v) is 3.71. The van der Waals surface area contributed by atoms with E-state index in [4.69, 9.17) is 4.74 Å². The second-order valence-corrected chi connectivity index (χ2v) is 5.67. The number of unbranched alkanes of at least 4 members (excludes halogenated alkanes) is 8. The average molecular weight is 282 g/mol. The lowest BCUT2D eigenvalue weighted by Crippen LogP contribution is -2.16. The van der Waals surface area contributed by atoms with Crippen molar-refractivity contribution in [2.24, 2.45) is 0 Å². The van der Waals surface area contributed by atoms with Crippen molar-refractivity contribution < 1.29 is 9.53 Å². The van der Waals surface area contributed by atoms with E-state index in [2.05, 4.69) is 20.4 Å². The van der Waals surface area contributed by atoms with Gasteiger partial charge in [0.25, 0.3) is 0 Å². The van der Waals surface area contributed by atoms with E-state index in [1.807, 2.05) is 0 Å². The molecule has 0 N–H and O–H groups in total. The summed E-state index contributed by atoms with van der Waals surface area (Å²) in [5.41, 5.74) is 0. The zero-order valence-corrected chi connectivity index (χ0v) is 13.7. The smallest absolute Gasteiger partial charge is 0.330 e. The van der Waals surface area contributed by atoms with E-state index in [-0.39, 0.29) is 12.1 Å². The van der Waals surface area contributed by atoms with Gasteiger partial charge < -0.3 is 4.74 Å². The number of carbonyl (C=O) groups is 1. The first kappa shape index (κ1) is 19.2. The Kier molecular flexibility index (Phi) is 14.0. The SMILES string of the molecule is C=CC(=O)OC(CCCCCC)CCCCCCCC. The predicted molar refractivity (Wildman–Crippen MR) is 86.8 cm³/mol. The van der Waals surface area contributed by atoms with Gasteiger partial charge in [-0.25, -0.2) is 4.79 Å². The van der Waals surface area contributed by atoms with Gasteiger partial charge in [0.15, 0.2) is 0 Å². The minimum atomic E-state index is -0.267. The molecule has 0 saturated carbocycles. The Morgan fingerprint density at radius 1 is 0.900 bits per heavy atom. The first-order chi connectivity index (χ1) is 9.74. The van der Waals surface area contributed by atoms with E-state index in [1.165, 1.54) is 70.3 Å². The maximum Gasteiger partial charge on any atom is 0.330 e. The molecular weight excluding hydrogens is 248 g/mol. The van der Waals surface area contributed by atoms with E-state index in [0.29, 0.717) is 0 Å². The van der Waals surface area contributed by atoms with Gasteiger partial charge in [-0.2, -0.15) is 0 Å². The number of carbonyl (C=O) groups excluding carboxylic acids is 1. The number of ether oxygens (including phenoxy) is 1. The molecule has 0 radical (unpaired) electrons. The molecule has 0 bridgehead atoms. The molecule has 118 valence electrons. The Bertz CT molecular complexity index is 236. The maximum absolute atomic E-state index is 11.3. The van der Waals surface area contributed by atoms with Crippen LogP contribution in [-0.4, -0.2) is 12.1 Å². The van der Waals surface area contributed by atoms with Crippen LogP contribution in [0.25, 0.3) is 0 Å². The summed E-state index contributed by atoms with van der Waals surface area (Å²) in [6, 6.07) is 0. The second-order valence-electron chi connectivity index (χ2n) is 5.67. The largest absolute Gasteiger partial charge is 0.459 e. The summed E-state index contributed by atoms with van der Waals surface area (Å²) in [7, 11) is 0. The van der Waals surface area contributed by atoms with Crippen LogP contribution in [0, 0.1) is 0 Å². The molecule has 0 heterocycles. The molecule has 0 aromatic carbocycles. The van der Waals surface area contributed by atoms with Gasteiger partial charge in [0.1, 0.15) is 6.10 Å². The third-order valence-electron chi connectivity index (χ3n) is 3.71. The van der Waals surface area contributed by atoms with E-state index < -0.39 is 0 Å². The van der Waals surface area contributed by atoms with E-state index >= 15 is 0 Å². The van der Waals surface area contributed by atoms with Crippen molar-refractivity contribution >= 4 is 5.97 Å². The zero-order chi connectivity index (χ0) is 15.1. The Morgan fingerprint density at radius 3 is 1.85 bits per heavy atom. The molecular formula is C18H34O2. The van der Waals surface area contributed by atoms with Crippen LogP contribution in [0.15, 0.2) is 12.7 Å². The van der Waals surface area contributed by atoms with Crippen molar-refractivity contribution in [3.63, 3.8) is 0 Å². The lowest BCUT2D eigenvalue weighted by molar-refractivity contribution is -0.143. The summed E-state index contributed by atoms with van der Waals surface area (Å²) in [6.45, 7) is 7.93. The molecule has 0 fully saturated rings. The van der Waals surface area contributed by atoms with Crippen LogP contribution in [0.2, 0.25) is 0 Å². The molecule has 1 atom stereocenters. The number of rotatable bonds is 14. The number of hydrogen-bond acceptors (Lipinski definition) is 2. The highest BCUT2D eigenvalue weighted by atomic mass is 16.5. The fraction of sp³-hybridized carbons (Fsp3) is 0.833. The standard InChI is InChI=1S/C18H34O2/c1-4-7-9-11-12-14-16-17(20-18(19)6-3)15-13-10-8-5-2/h6,17H,3-5,7-16H2,1-2H3. The minimum Gasteiger partial charge on any atom is -0.459 e. The quantitative estimate of drug-likeness (QED) is 0.228. The van der Waals surface area contributed by atoms with E-state index in [1.54, 1.807) is 0 Å². The van der Waals surface area contributed by atoms with Crippen molar-refractivity contribution in [1.29, 1.82) is 0 Å². The van der Waals surface area contributed by atoms with Crippen LogP contribution in [0.1, 0.15) is 90.9 Å². The molecule has 0 aliphatic rings. The Balaban J connectivity index is 3.79. The molecule has 20 heavy (non-hydrogen) atoms. The number of hydrogen-bond donors (Lipinski definition) is 0. The van der Waals surface area contributed by atoms with Gasteiger partial charge >= 0.3 is 5.97 Å². The molecule has 0 saturated heterocycles. The van der Waals surface area contributed by atoms with Gasteiger partial charge in [0, 0.05) is 6.08 Å². The maximum atomic E-state index is 11.3. The van der Waals surface area contributed by atoms with E-state index in [9.17, 15) is 4.79 Å². The minimum absolute atomic E-state index is 0.100. The summed E-state index contributed by atoms with van der Waals surface area (Å²) in [6.07, 6.45) is 16.0. The Hall–Kier alpha value is -0.790. The highest BCUT2D eigenvalue weighted by molar-refractivity contribution is 5.81. The summed E-state index contributed by atoms with van der Waals surface area (Å²) < 4.78 is 5.45. The van der Waals surface area contributed by atoms with Crippen molar-refractivity contribution in [2.45, 2.75) is 97.0 Å². The van der Waals surface area contributed by atoms with Gasteiger partial charge in [0.05, 0.1) is 0 Å². The average Bonchev–Trinajstić information content (AvgIpc) is 2.46. The molecule has 0 aliphatic carbocycles. The molecule has 2 heteroatoms.